The van der Waals surface area contributed by atoms with Gasteiger partial charge in [-0.25, -0.2) is 0 Å². The van der Waals surface area contributed by atoms with Crippen LogP contribution in [0.3, 0.4) is 0 Å². The van der Waals surface area contributed by atoms with Crippen molar-refractivity contribution in [3.63, 3.8) is 0 Å². The molecule has 0 saturated carbocycles. The van der Waals surface area contributed by atoms with Gasteiger partial charge >= 0.3 is 0 Å². The number of aryl methyl sites for hydroxylation is 2. The van der Waals surface area contributed by atoms with Crippen LogP contribution in [0.4, 0.5) is 0 Å². The molecule has 1 amide bonds. The van der Waals surface area contributed by atoms with E-state index in [2.05, 4.69) is 58.3 Å². The fourth-order valence-electron chi connectivity index (χ4n) is 5.56. The van der Waals surface area contributed by atoms with Crippen molar-refractivity contribution < 1.29 is 14.3 Å². The molecular formula is C26H35N5O3. The number of rotatable bonds is 5. The fourth-order valence-corrected chi connectivity index (χ4v) is 5.56. The molecule has 0 spiro atoms. The number of carbonyl (C=O) groups is 1. The summed E-state index contributed by atoms with van der Waals surface area (Å²) in [7, 11) is 1.95. The molecule has 2 aliphatic rings. The summed E-state index contributed by atoms with van der Waals surface area (Å²) < 4.78 is 16.7. The predicted octanol–water partition coefficient (Wildman–Crippen LogP) is 4.17. The Morgan fingerprint density at radius 3 is 2.65 bits per heavy atom. The third-order valence-electron chi connectivity index (χ3n) is 7.45. The maximum Gasteiger partial charge on any atom is 0.220 e. The molecule has 2 saturated heterocycles. The number of carbonyl (C=O) groups excluding carboxylic acids is 1. The molecule has 4 heterocycles. The SMILES string of the molecule is Cc1c2c(O[C@H](C)C3CNC(=O)C3)cc(-c3cnn(C4CC(C)(C)OC4(C)C)c3)cc2nn1C. The lowest BCUT2D eigenvalue weighted by Crippen LogP contribution is -2.31. The maximum atomic E-state index is 11.7. The van der Waals surface area contributed by atoms with Gasteiger partial charge in [0.2, 0.25) is 5.91 Å². The smallest absolute Gasteiger partial charge is 0.220 e. The van der Waals surface area contributed by atoms with Gasteiger partial charge in [0, 0.05) is 49.8 Å². The molecule has 34 heavy (non-hydrogen) atoms. The summed E-state index contributed by atoms with van der Waals surface area (Å²) in [4.78, 5) is 11.7. The van der Waals surface area contributed by atoms with Crippen molar-refractivity contribution in [3.05, 3.63) is 30.2 Å². The Balaban J connectivity index is 1.51. The first-order valence-electron chi connectivity index (χ1n) is 12.1. The van der Waals surface area contributed by atoms with Crippen molar-refractivity contribution in [2.75, 3.05) is 6.54 Å². The molecule has 2 unspecified atom stereocenters. The van der Waals surface area contributed by atoms with Gasteiger partial charge in [0.15, 0.2) is 0 Å². The first kappa shape index (κ1) is 22.9. The summed E-state index contributed by atoms with van der Waals surface area (Å²) >= 11 is 0. The molecule has 2 aromatic heterocycles. The zero-order valence-corrected chi connectivity index (χ0v) is 21.2. The standard InChI is InChI=1S/C26H35N5O3/c1-15-24-20(29-30(15)7)8-17(9-21(24)33-16(2)18-10-23(32)27-12-18)19-13-28-31(14-19)22-11-25(3,4)34-26(22,5)6/h8-9,13-14,16,18,22H,10-12H2,1-7H3,(H,27,32)/t16-,18?,22?/m1/s1. The highest BCUT2D eigenvalue weighted by molar-refractivity contribution is 5.92. The van der Waals surface area contributed by atoms with E-state index in [1.54, 1.807) is 0 Å². The molecule has 5 rings (SSSR count). The summed E-state index contributed by atoms with van der Waals surface area (Å²) in [5.41, 5.74) is 3.48. The lowest BCUT2D eigenvalue weighted by molar-refractivity contribution is -0.119. The van der Waals surface area contributed by atoms with Crippen LogP contribution in [0.25, 0.3) is 22.0 Å². The number of benzene rings is 1. The summed E-state index contributed by atoms with van der Waals surface area (Å²) in [6.07, 6.45) is 5.31. The van der Waals surface area contributed by atoms with E-state index in [9.17, 15) is 4.79 Å². The van der Waals surface area contributed by atoms with E-state index in [4.69, 9.17) is 19.7 Å². The number of nitrogens with zero attached hydrogens (tertiary/aromatic N) is 4. The molecule has 1 N–H and O–H groups in total. The van der Waals surface area contributed by atoms with Crippen LogP contribution in [-0.2, 0) is 16.6 Å². The van der Waals surface area contributed by atoms with Crippen LogP contribution in [0.15, 0.2) is 24.5 Å². The molecule has 0 aliphatic carbocycles. The molecular weight excluding hydrogens is 430 g/mol. The number of amides is 1. The van der Waals surface area contributed by atoms with Gasteiger partial charge in [0.1, 0.15) is 11.9 Å². The largest absolute Gasteiger partial charge is 0.490 e. The molecule has 0 radical (unpaired) electrons. The second-order valence-electron chi connectivity index (χ2n) is 11.1. The second-order valence-corrected chi connectivity index (χ2v) is 11.1. The van der Waals surface area contributed by atoms with Crippen LogP contribution < -0.4 is 10.1 Å². The number of nitrogens with one attached hydrogen (secondary N) is 1. The number of fused-ring (bicyclic) bond motifs is 1. The van der Waals surface area contributed by atoms with Crippen molar-refractivity contribution in [2.24, 2.45) is 13.0 Å². The molecule has 2 fully saturated rings. The van der Waals surface area contributed by atoms with Gasteiger partial charge in [0.05, 0.1) is 34.3 Å². The summed E-state index contributed by atoms with van der Waals surface area (Å²) in [5, 5.41) is 13.4. The first-order valence-corrected chi connectivity index (χ1v) is 12.1. The Hall–Kier alpha value is -2.87. The highest BCUT2D eigenvalue weighted by Crippen LogP contribution is 2.45. The van der Waals surface area contributed by atoms with E-state index in [0.717, 1.165) is 39.9 Å². The number of hydrogen-bond acceptors (Lipinski definition) is 5. The molecule has 0 bridgehead atoms. The summed E-state index contributed by atoms with van der Waals surface area (Å²) in [6.45, 7) is 13.3. The topological polar surface area (TPSA) is 83.2 Å². The van der Waals surface area contributed by atoms with Gasteiger partial charge in [-0.15, -0.1) is 0 Å². The van der Waals surface area contributed by atoms with E-state index in [-0.39, 0.29) is 35.2 Å². The zero-order valence-electron chi connectivity index (χ0n) is 21.2. The van der Waals surface area contributed by atoms with Crippen LogP contribution in [0.1, 0.15) is 59.2 Å². The maximum absolute atomic E-state index is 11.7. The van der Waals surface area contributed by atoms with E-state index in [1.807, 2.05) is 29.5 Å². The first-order chi connectivity index (χ1) is 15.9. The van der Waals surface area contributed by atoms with Crippen molar-refractivity contribution >= 4 is 16.8 Å². The minimum atomic E-state index is -0.300. The van der Waals surface area contributed by atoms with Crippen LogP contribution in [0, 0.1) is 12.8 Å². The van der Waals surface area contributed by atoms with E-state index in [1.165, 1.54) is 0 Å². The molecule has 8 heteroatoms. The molecule has 2 aliphatic heterocycles. The van der Waals surface area contributed by atoms with Gasteiger partial charge in [-0.3, -0.25) is 14.2 Å². The highest BCUT2D eigenvalue weighted by Gasteiger charge is 2.47. The van der Waals surface area contributed by atoms with Crippen LogP contribution in [0.2, 0.25) is 0 Å². The Bertz CT molecular complexity index is 1250. The third-order valence-corrected chi connectivity index (χ3v) is 7.45. The third kappa shape index (κ3) is 3.98. The van der Waals surface area contributed by atoms with E-state index >= 15 is 0 Å². The second kappa shape index (κ2) is 7.83. The summed E-state index contributed by atoms with van der Waals surface area (Å²) in [5.74, 6) is 1.04. The zero-order chi connectivity index (χ0) is 24.4. The molecule has 182 valence electrons. The summed E-state index contributed by atoms with van der Waals surface area (Å²) in [6, 6.07) is 4.33. The van der Waals surface area contributed by atoms with Crippen LogP contribution in [0.5, 0.6) is 5.75 Å². The average molecular weight is 466 g/mol. The van der Waals surface area contributed by atoms with Crippen molar-refractivity contribution in [1.29, 1.82) is 0 Å². The lowest BCUT2D eigenvalue weighted by atomic mass is 9.94. The number of ether oxygens (including phenoxy) is 2. The number of aromatic nitrogens is 4. The van der Waals surface area contributed by atoms with Crippen molar-refractivity contribution in [3.8, 4) is 16.9 Å². The fraction of sp³-hybridized carbons (Fsp3) is 0.577. The average Bonchev–Trinajstić information content (AvgIpc) is 3.48. The Labute approximate surface area is 200 Å². The van der Waals surface area contributed by atoms with Gasteiger partial charge in [-0.05, 0) is 59.2 Å². The highest BCUT2D eigenvalue weighted by atomic mass is 16.5. The van der Waals surface area contributed by atoms with Gasteiger partial charge in [0.25, 0.3) is 0 Å². The van der Waals surface area contributed by atoms with E-state index in [0.29, 0.717) is 13.0 Å². The van der Waals surface area contributed by atoms with Crippen LogP contribution >= 0.6 is 0 Å². The minimum Gasteiger partial charge on any atom is -0.490 e. The van der Waals surface area contributed by atoms with Crippen molar-refractivity contribution in [1.82, 2.24) is 24.9 Å². The Morgan fingerprint density at radius 1 is 1.24 bits per heavy atom. The molecule has 3 atom stereocenters. The van der Waals surface area contributed by atoms with Gasteiger partial charge in [-0.1, -0.05) is 0 Å². The van der Waals surface area contributed by atoms with Gasteiger partial charge < -0.3 is 14.8 Å². The van der Waals surface area contributed by atoms with Crippen molar-refractivity contribution in [2.45, 2.75) is 77.7 Å². The quantitative estimate of drug-likeness (QED) is 0.612. The Morgan fingerprint density at radius 2 is 2.00 bits per heavy atom. The molecule has 3 aromatic rings. The lowest BCUT2D eigenvalue weighted by Gasteiger charge is -2.27. The minimum absolute atomic E-state index is 0.0892. The molecule has 8 nitrogen and oxygen atoms in total. The van der Waals surface area contributed by atoms with Crippen LogP contribution in [-0.4, -0.2) is 49.3 Å². The molecule has 1 aromatic carbocycles. The Kier molecular flexibility index (Phi) is 5.28. The monoisotopic (exact) mass is 465 g/mol. The number of hydrogen-bond donors (Lipinski definition) is 1. The van der Waals surface area contributed by atoms with Gasteiger partial charge in [-0.2, -0.15) is 10.2 Å². The predicted molar refractivity (Wildman–Crippen MR) is 131 cm³/mol. The van der Waals surface area contributed by atoms with E-state index < -0.39 is 0 Å². The normalized spacial score (nSPS) is 24.5.